The van der Waals surface area contributed by atoms with Crippen LogP contribution in [-0.2, 0) is 10.0 Å². The fraction of sp³-hybridized carbons (Fsp3) is 0.538. The van der Waals surface area contributed by atoms with Crippen molar-refractivity contribution in [2.45, 2.75) is 36.7 Å². The number of halogens is 1. The smallest absolute Gasteiger partial charge is 0.242 e. The minimum atomic E-state index is -3.78. The maximum absolute atomic E-state index is 12.9. The minimum absolute atomic E-state index is 0.0832. The zero-order valence-electron chi connectivity index (χ0n) is 11.0. The van der Waals surface area contributed by atoms with E-state index in [0.717, 1.165) is 37.5 Å². The predicted molar refractivity (Wildman–Crippen MR) is 74.0 cm³/mol. The lowest BCUT2D eigenvalue weighted by Crippen LogP contribution is -2.36. The summed E-state index contributed by atoms with van der Waals surface area (Å²) in [6, 6.07) is 3.18. The number of aliphatic hydroxyl groups excluding tert-OH is 1. The Bertz CT molecular complexity index is 577. The zero-order valence-corrected chi connectivity index (χ0v) is 11.9. The lowest BCUT2D eigenvalue weighted by atomic mass is 9.87. The van der Waals surface area contributed by atoms with Crippen molar-refractivity contribution in [3.05, 3.63) is 24.0 Å². The highest BCUT2D eigenvalue weighted by atomic mass is 32.2. The quantitative estimate of drug-likeness (QED) is 0.730. The highest BCUT2D eigenvalue weighted by Gasteiger charge is 2.25. The average molecular weight is 302 g/mol. The maximum Gasteiger partial charge on any atom is 0.242 e. The Morgan fingerprint density at radius 2 is 2.05 bits per heavy atom. The molecule has 7 heteroatoms. The van der Waals surface area contributed by atoms with E-state index in [-0.39, 0.29) is 23.0 Å². The maximum atomic E-state index is 12.9. The number of nitrogens with two attached hydrogens (primary N) is 1. The van der Waals surface area contributed by atoms with Gasteiger partial charge in [0.15, 0.2) is 0 Å². The molecule has 2 atom stereocenters. The Morgan fingerprint density at radius 3 is 2.70 bits per heavy atom. The van der Waals surface area contributed by atoms with Crippen molar-refractivity contribution in [2.75, 3.05) is 12.3 Å². The summed E-state index contributed by atoms with van der Waals surface area (Å²) >= 11 is 0. The molecule has 20 heavy (non-hydrogen) atoms. The lowest BCUT2D eigenvalue weighted by molar-refractivity contribution is 0.0724. The number of nitrogens with one attached hydrogen (secondary N) is 1. The summed E-state index contributed by atoms with van der Waals surface area (Å²) in [6.45, 7) is 0.167. The molecule has 0 radical (unpaired) electrons. The topological polar surface area (TPSA) is 92.4 Å². The normalized spacial score (nSPS) is 23.7. The van der Waals surface area contributed by atoms with Crippen molar-refractivity contribution in [1.82, 2.24) is 4.72 Å². The first-order chi connectivity index (χ1) is 9.40. The third-order valence-electron chi connectivity index (χ3n) is 3.67. The number of rotatable bonds is 4. The number of hydrogen-bond donors (Lipinski definition) is 3. The Labute approximate surface area is 118 Å². The summed E-state index contributed by atoms with van der Waals surface area (Å²) in [5.41, 5.74) is 5.41. The molecule has 0 amide bonds. The third kappa shape index (κ3) is 3.47. The van der Waals surface area contributed by atoms with Crippen LogP contribution < -0.4 is 10.5 Å². The second kappa shape index (κ2) is 6.07. The van der Waals surface area contributed by atoms with Gasteiger partial charge in [-0.15, -0.1) is 0 Å². The lowest BCUT2D eigenvalue weighted by Gasteiger charge is -2.27. The van der Waals surface area contributed by atoms with Gasteiger partial charge < -0.3 is 10.8 Å². The van der Waals surface area contributed by atoms with E-state index in [1.807, 2.05) is 0 Å². The van der Waals surface area contributed by atoms with E-state index in [2.05, 4.69) is 4.72 Å². The van der Waals surface area contributed by atoms with Crippen LogP contribution in [0.2, 0.25) is 0 Å². The van der Waals surface area contributed by atoms with Crippen molar-refractivity contribution < 1.29 is 17.9 Å². The minimum Gasteiger partial charge on any atom is -0.398 e. The first kappa shape index (κ1) is 15.2. The van der Waals surface area contributed by atoms with Crippen molar-refractivity contribution in [3.8, 4) is 0 Å². The summed E-state index contributed by atoms with van der Waals surface area (Å²) in [5.74, 6) is -0.663. The Morgan fingerprint density at radius 1 is 1.35 bits per heavy atom. The van der Waals surface area contributed by atoms with Gasteiger partial charge in [-0.3, -0.25) is 0 Å². The number of sulfonamides is 1. The molecule has 1 aliphatic carbocycles. The predicted octanol–water partition coefficient (Wildman–Crippen LogP) is 1.24. The second-order valence-corrected chi connectivity index (χ2v) is 6.88. The summed E-state index contributed by atoms with van der Waals surface area (Å²) in [5, 5.41) is 9.82. The van der Waals surface area contributed by atoms with Gasteiger partial charge in [-0.25, -0.2) is 17.5 Å². The van der Waals surface area contributed by atoms with Gasteiger partial charge in [-0.2, -0.15) is 0 Å². The molecule has 0 spiro atoms. The molecule has 1 aromatic rings. The van der Waals surface area contributed by atoms with Crippen molar-refractivity contribution in [1.29, 1.82) is 0 Å². The van der Waals surface area contributed by atoms with Gasteiger partial charge in [-0.05, 0) is 37.0 Å². The number of anilines is 1. The van der Waals surface area contributed by atoms with Gasteiger partial charge in [0.25, 0.3) is 0 Å². The average Bonchev–Trinajstić information content (AvgIpc) is 2.37. The monoisotopic (exact) mass is 302 g/mol. The molecule has 1 aromatic carbocycles. The van der Waals surface area contributed by atoms with Crippen LogP contribution >= 0.6 is 0 Å². The van der Waals surface area contributed by atoms with E-state index in [9.17, 15) is 17.9 Å². The Hall–Kier alpha value is -1.18. The molecule has 1 saturated carbocycles. The number of hydrogen-bond acceptors (Lipinski definition) is 4. The molecule has 0 saturated heterocycles. The molecule has 0 bridgehead atoms. The van der Waals surface area contributed by atoms with Crippen LogP contribution in [0, 0.1) is 11.7 Å². The summed E-state index contributed by atoms with van der Waals surface area (Å²) < 4.78 is 39.6. The van der Waals surface area contributed by atoms with Gasteiger partial charge in [-0.1, -0.05) is 12.8 Å². The highest BCUT2D eigenvalue weighted by molar-refractivity contribution is 7.89. The molecule has 4 N–H and O–H groups in total. The largest absolute Gasteiger partial charge is 0.398 e. The fourth-order valence-electron chi connectivity index (χ4n) is 2.48. The van der Waals surface area contributed by atoms with Gasteiger partial charge in [0.2, 0.25) is 10.0 Å². The van der Waals surface area contributed by atoms with Crippen LogP contribution in [0.25, 0.3) is 0 Å². The first-order valence-electron chi connectivity index (χ1n) is 6.63. The van der Waals surface area contributed by atoms with Gasteiger partial charge in [0.1, 0.15) is 10.7 Å². The van der Waals surface area contributed by atoms with Crippen molar-refractivity contribution >= 4 is 15.7 Å². The molecule has 1 aliphatic rings. The van der Waals surface area contributed by atoms with Gasteiger partial charge in [0, 0.05) is 6.54 Å². The van der Waals surface area contributed by atoms with Gasteiger partial charge >= 0.3 is 0 Å². The molecule has 5 nitrogen and oxygen atoms in total. The first-order valence-corrected chi connectivity index (χ1v) is 8.11. The Kier molecular flexibility index (Phi) is 4.62. The standard InChI is InChI=1S/C13H19FN2O3S/c14-10-5-6-13(11(15)7-10)20(18,19)16-8-9-3-1-2-4-12(9)17/h5-7,9,12,16-17H,1-4,8,15H2. The summed E-state index contributed by atoms with van der Waals surface area (Å²) in [4.78, 5) is -0.135. The zero-order chi connectivity index (χ0) is 14.8. The highest BCUT2D eigenvalue weighted by Crippen LogP contribution is 2.25. The second-order valence-electron chi connectivity index (χ2n) is 5.15. The van der Waals surface area contributed by atoms with Crippen molar-refractivity contribution in [2.24, 2.45) is 5.92 Å². The molecule has 0 aliphatic heterocycles. The molecule has 0 aromatic heterocycles. The SMILES string of the molecule is Nc1cc(F)ccc1S(=O)(=O)NCC1CCCCC1O. The molecule has 0 heterocycles. The van der Waals surface area contributed by atoms with E-state index in [0.29, 0.717) is 6.42 Å². The van der Waals surface area contributed by atoms with Crippen LogP contribution in [0.4, 0.5) is 10.1 Å². The molecule has 112 valence electrons. The van der Waals surface area contributed by atoms with E-state index in [1.54, 1.807) is 0 Å². The van der Waals surface area contributed by atoms with Crippen LogP contribution in [0.15, 0.2) is 23.1 Å². The molecule has 2 unspecified atom stereocenters. The molecule has 1 fully saturated rings. The van der Waals surface area contributed by atoms with E-state index in [4.69, 9.17) is 5.73 Å². The molecular weight excluding hydrogens is 283 g/mol. The van der Waals surface area contributed by atoms with E-state index >= 15 is 0 Å². The van der Waals surface area contributed by atoms with E-state index in [1.165, 1.54) is 0 Å². The number of nitrogen functional groups attached to an aromatic ring is 1. The van der Waals surface area contributed by atoms with Gasteiger partial charge in [0.05, 0.1) is 11.8 Å². The number of benzene rings is 1. The van der Waals surface area contributed by atoms with Crippen LogP contribution in [0.5, 0.6) is 0 Å². The van der Waals surface area contributed by atoms with Crippen LogP contribution in [0.3, 0.4) is 0 Å². The van der Waals surface area contributed by atoms with Crippen LogP contribution in [-0.4, -0.2) is 26.2 Å². The molecule has 2 rings (SSSR count). The summed E-state index contributed by atoms with van der Waals surface area (Å²) in [7, 11) is -3.78. The van der Waals surface area contributed by atoms with Crippen LogP contribution in [0.1, 0.15) is 25.7 Å². The fourth-order valence-corrected chi connectivity index (χ4v) is 3.69. The molecular formula is C13H19FN2O3S. The number of aliphatic hydroxyl groups is 1. The Balaban J connectivity index is 2.07. The van der Waals surface area contributed by atoms with E-state index < -0.39 is 21.9 Å². The third-order valence-corrected chi connectivity index (χ3v) is 5.16. The summed E-state index contributed by atoms with van der Waals surface area (Å²) in [6.07, 6.45) is 2.97. The van der Waals surface area contributed by atoms with Crippen molar-refractivity contribution in [3.63, 3.8) is 0 Å².